The summed E-state index contributed by atoms with van der Waals surface area (Å²) in [6.07, 6.45) is 0. The second-order valence-corrected chi connectivity index (χ2v) is 9.02. The number of aliphatic hydroxyl groups excluding tert-OH is 1. The highest BCUT2D eigenvalue weighted by molar-refractivity contribution is 6.51. The second kappa shape index (κ2) is 9.77. The molecule has 1 amide bonds. The third-order valence-electron chi connectivity index (χ3n) is 6.56. The van der Waals surface area contributed by atoms with Gasteiger partial charge < -0.3 is 19.5 Å². The van der Waals surface area contributed by atoms with Gasteiger partial charge in [-0.05, 0) is 48.7 Å². The zero-order chi connectivity index (χ0) is 26.1. The minimum atomic E-state index is -0.848. The third-order valence-corrected chi connectivity index (χ3v) is 6.56. The Balaban J connectivity index is 1.96. The van der Waals surface area contributed by atoms with E-state index in [0.717, 1.165) is 16.8 Å². The van der Waals surface area contributed by atoms with Crippen molar-refractivity contribution < 1.29 is 24.2 Å². The molecule has 7 heteroatoms. The summed E-state index contributed by atoms with van der Waals surface area (Å²) < 4.78 is 10.8. The van der Waals surface area contributed by atoms with Crippen LogP contribution in [-0.4, -0.2) is 45.1 Å². The van der Waals surface area contributed by atoms with Gasteiger partial charge in [-0.25, -0.2) is 0 Å². The van der Waals surface area contributed by atoms with Gasteiger partial charge in [-0.1, -0.05) is 24.3 Å². The number of hydrogen-bond acceptors (Lipinski definition) is 6. The van der Waals surface area contributed by atoms with Crippen molar-refractivity contribution in [2.75, 3.05) is 38.1 Å². The molecule has 0 spiro atoms. The molecule has 1 saturated heterocycles. The van der Waals surface area contributed by atoms with Crippen LogP contribution >= 0.6 is 0 Å². The van der Waals surface area contributed by atoms with Crippen LogP contribution < -0.4 is 19.3 Å². The van der Waals surface area contributed by atoms with Gasteiger partial charge in [0.05, 0.1) is 31.5 Å². The average Bonchev–Trinajstić information content (AvgIpc) is 3.15. The first-order valence-corrected chi connectivity index (χ1v) is 11.5. The first-order chi connectivity index (χ1) is 17.2. The van der Waals surface area contributed by atoms with Gasteiger partial charge in [-0.15, -0.1) is 0 Å². The highest BCUT2D eigenvalue weighted by Gasteiger charge is 2.47. The molecule has 0 radical (unpaired) electrons. The summed E-state index contributed by atoms with van der Waals surface area (Å²) in [5.74, 6) is -0.758. The molecule has 7 nitrogen and oxygen atoms in total. The first-order valence-electron chi connectivity index (χ1n) is 11.5. The van der Waals surface area contributed by atoms with Crippen LogP contribution in [0, 0.1) is 13.8 Å². The van der Waals surface area contributed by atoms with E-state index in [-0.39, 0.29) is 11.3 Å². The number of benzene rings is 3. The number of Topliss-reactive ketones (excluding diaryl/α,β-unsaturated/α-hetero) is 1. The number of aliphatic hydroxyl groups is 1. The standard InChI is InChI=1S/C29H30N2O5/c1-17-7-8-20(13-18(17)2)27(32)25-26(19-9-11-21(12-10-19)30(3)4)31(29(34)28(25)33)22-14-23(35-5)16-24(15-22)36-6/h7-16,26,32H,1-6H3/b27-25+. The van der Waals surface area contributed by atoms with Crippen molar-refractivity contribution >= 4 is 28.8 Å². The van der Waals surface area contributed by atoms with Gasteiger partial charge in [0.15, 0.2) is 0 Å². The lowest BCUT2D eigenvalue weighted by molar-refractivity contribution is -0.132. The molecule has 0 aromatic heterocycles. The average molecular weight is 487 g/mol. The van der Waals surface area contributed by atoms with Crippen LogP contribution in [0.5, 0.6) is 11.5 Å². The van der Waals surface area contributed by atoms with Crippen LogP contribution in [0.3, 0.4) is 0 Å². The number of carbonyl (C=O) groups is 2. The van der Waals surface area contributed by atoms with E-state index < -0.39 is 17.7 Å². The van der Waals surface area contributed by atoms with Crippen molar-refractivity contribution in [3.05, 3.63) is 88.5 Å². The highest BCUT2D eigenvalue weighted by Crippen LogP contribution is 2.44. The van der Waals surface area contributed by atoms with Crippen molar-refractivity contribution in [1.82, 2.24) is 0 Å². The fourth-order valence-corrected chi connectivity index (χ4v) is 4.34. The summed E-state index contributed by atoms with van der Waals surface area (Å²) in [5.41, 5.74) is 4.62. The van der Waals surface area contributed by atoms with Crippen LogP contribution in [0.4, 0.5) is 11.4 Å². The number of amides is 1. The molecule has 1 N–H and O–H groups in total. The smallest absolute Gasteiger partial charge is 0.300 e. The number of hydrogen-bond donors (Lipinski definition) is 1. The van der Waals surface area contributed by atoms with Crippen molar-refractivity contribution in [2.24, 2.45) is 0 Å². The van der Waals surface area contributed by atoms with Gasteiger partial charge in [-0.3, -0.25) is 14.5 Å². The summed E-state index contributed by atoms with van der Waals surface area (Å²) in [4.78, 5) is 30.3. The Labute approximate surface area is 211 Å². The zero-order valence-corrected chi connectivity index (χ0v) is 21.3. The van der Waals surface area contributed by atoms with Crippen molar-refractivity contribution in [3.63, 3.8) is 0 Å². The van der Waals surface area contributed by atoms with Crippen molar-refractivity contribution in [1.29, 1.82) is 0 Å². The molecule has 3 aromatic carbocycles. The molecule has 1 aliphatic heterocycles. The molecular weight excluding hydrogens is 456 g/mol. The summed E-state index contributed by atoms with van der Waals surface area (Å²) >= 11 is 0. The molecule has 186 valence electrons. The summed E-state index contributed by atoms with van der Waals surface area (Å²) in [7, 11) is 6.90. The Hall–Kier alpha value is -4.26. The van der Waals surface area contributed by atoms with E-state index in [1.807, 2.05) is 69.2 Å². The number of nitrogens with zero attached hydrogens (tertiary/aromatic N) is 2. The van der Waals surface area contributed by atoms with Gasteiger partial charge in [0, 0.05) is 43.5 Å². The van der Waals surface area contributed by atoms with Gasteiger partial charge in [0.2, 0.25) is 0 Å². The number of methoxy groups -OCH3 is 2. The molecule has 1 heterocycles. The van der Waals surface area contributed by atoms with E-state index in [0.29, 0.717) is 28.3 Å². The Bertz CT molecular complexity index is 1340. The number of ether oxygens (including phenoxy) is 2. The van der Waals surface area contributed by atoms with E-state index in [4.69, 9.17) is 9.47 Å². The van der Waals surface area contributed by atoms with E-state index in [9.17, 15) is 14.7 Å². The normalized spacial score (nSPS) is 16.8. The monoisotopic (exact) mass is 486 g/mol. The van der Waals surface area contributed by atoms with Crippen LogP contribution in [0.15, 0.2) is 66.2 Å². The van der Waals surface area contributed by atoms with E-state index >= 15 is 0 Å². The van der Waals surface area contributed by atoms with Gasteiger partial charge >= 0.3 is 0 Å². The molecular formula is C29H30N2O5. The molecule has 0 bridgehead atoms. The summed E-state index contributed by atoms with van der Waals surface area (Å²) in [5, 5.41) is 11.4. The fraction of sp³-hybridized carbons (Fsp3) is 0.241. The summed E-state index contributed by atoms with van der Waals surface area (Å²) in [6, 6.07) is 17.2. The minimum absolute atomic E-state index is 0.0302. The second-order valence-electron chi connectivity index (χ2n) is 9.02. The molecule has 1 fully saturated rings. The van der Waals surface area contributed by atoms with E-state index in [1.54, 1.807) is 24.3 Å². The highest BCUT2D eigenvalue weighted by atomic mass is 16.5. The lowest BCUT2D eigenvalue weighted by Gasteiger charge is -2.26. The van der Waals surface area contributed by atoms with Crippen LogP contribution in [0.2, 0.25) is 0 Å². The number of rotatable bonds is 6. The molecule has 0 saturated carbocycles. The quantitative estimate of drug-likeness (QED) is 0.300. The van der Waals surface area contributed by atoms with E-state index in [2.05, 4.69) is 0 Å². The minimum Gasteiger partial charge on any atom is -0.507 e. The van der Waals surface area contributed by atoms with Gasteiger partial charge in [-0.2, -0.15) is 0 Å². The maximum atomic E-state index is 13.5. The third kappa shape index (κ3) is 4.40. The number of carbonyl (C=O) groups excluding carboxylic acids is 2. The van der Waals surface area contributed by atoms with Gasteiger partial charge in [0.25, 0.3) is 11.7 Å². The maximum Gasteiger partial charge on any atom is 0.300 e. The van der Waals surface area contributed by atoms with Crippen molar-refractivity contribution in [3.8, 4) is 11.5 Å². The summed E-state index contributed by atoms with van der Waals surface area (Å²) in [6.45, 7) is 3.91. The predicted octanol–water partition coefficient (Wildman–Crippen LogP) is 5.01. The Kier molecular flexibility index (Phi) is 6.75. The largest absolute Gasteiger partial charge is 0.507 e. The molecule has 36 heavy (non-hydrogen) atoms. The van der Waals surface area contributed by atoms with Crippen molar-refractivity contribution in [2.45, 2.75) is 19.9 Å². The topological polar surface area (TPSA) is 79.3 Å². The lowest BCUT2D eigenvalue weighted by Crippen LogP contribution is -2.29. The Morgan fingerprint density at radius 3 is 2.00 bits per heavy atom. The van der Waals surface area contributed by atoms with E-state index in [1.165, 1.54) is 19.1 Å². The Morgan fingerprint density at radius 1 is 0.861 bits per heavy atom. The molecule has 3 aromatic rings. The first kappa shape index (κ1) is 24.9. The van der Waals surface area contributed by atoms with Gasteiger partial charge in [0.1, 0.15) is 17.3 Å². The lowest BCUT2D eigenvalue weighted by atomic mass is 9.94. The number of ketones is 1. The zero-order valence-electron chi connectivity index (χ0n) is 21.3. The molecule has 4 rings (SSSR count). The predicted molar refractivity (Wildman–Crippen MR) is 141 cm³/mol. The number of aryl methyl sites for hydroxylation is 2. The number of anilines is 2. The maximum absolute atomic E-state index is 13.5. The molecule has 1 atom stereocenters. The van der Waals surface area contributed by atoms with Crippen LogP contribution in [-0.2, 0) is 9.59 Å². The molecule has 0 aliphatic carbocycles. The molecule has 1 unspecified atom stereocenters. The fourth-order valence-electron chi connectivity index (χ4n) is 4.34. The molecule has 1 aliphatic rings. The SMILES string of the molecule is COc1cc(OC)cc(N2C(=O)C(=O)/C(=C(/O)c3ccc(C)c(C)c3)C2c2ccc(N(C)C)cc2)c1. The van der Waals surface area contributed by atoms with Crippen LogP contribution in [0.25, 0.3) is 5.76 Å². The Morgan fingerprint density at radius 2 is 1.47 bits per heavy atom. The van der Waals surface area contributed by atoms with Crippen LogP contribution in [0.1, 0.15) is 28.3 Å².